The Hall–Kier alpha value is -1.32. The second-order valence-corrected chi connectivity index (χ2v) is 10.7. The molecule has 0 aliphatic heterocycles. The number of rotatable bonds is 8. The van der Waals surface area contributed by atoms with Gasteiger partial charge in [0.15, 0.2) is 0 Å². The van der Waals surface area contributed by atoms with Crippen molar-refractivity contribution in [1.82, 2.24) is 10.3 Å². The Balaban J connectivity index is 1.08. The van der Waals surface area contributed by atoms with E-state index in [1.807, 2.05) is 18.3 Å². The van der Waals surface area contributed by atoms with Crippen molar-refractivity contribution < 1.29 is 0 Å². The highest BCUT2D eigenvalue weighted by atomic mass is 35.5. The van der Waals surface area contributed by atoms with E-state index < -0.39 is 0 Å². The topological polar surface area (TPSA) is 37.0 Å². The maximum absolute atomic E-state index is 6.11. The molecular formula is C25H34ClN3. The summed E-state index contributed by atoms with van der Waals surface area (Å²) in [6.45, 7) is 4.68. The zero-order chi connectivity index (χ0) is 19.8. The number of aromatic nitrogens is 1. The predicted octanol–water partition coefficient (Wildman–Crippen LogP) is 6.27. The average molecular weight is 412 g/mol. The second-order valence-electron chi connectivity index (χ2n) is 10.3. The van der Waals surface area contributed by atoms with Crippen molar-refractivity contribution in [3.05, 3.63) is 35.5 Å². The summed E-state index contributed by atoms with van der Waals surface area (Å²) >= 11 is 6.11. The minimum atomic E-state index is 0.442. The minimum Gasteiger partial charge on any atom is -0.382 e. The molecule has 4 fully saturated rings. The first kappa shape index (κ1) is 19.6. The Kier molecular flexibility index (Phi) is 5.47. The van der Waals surface area contributed by atoms with Crippen LogP contribution in [0.3, 0.4) is 0 Å². The van der Waals surface area contributed by atoms with Crippen molar-refractivity contribution in [3.63, 3.8) is 0 Å². The number of hydrogen-bond donors (Lipinski definition) is 2. The lowest BCUT2D eigenvalue weighted by Crippen LogP contribution is -2.50. The van der Waals surface area contributed by atoms with Gasteiger partial charge in [0.2, 0.25) is 0 Å². The summed E-state index contributed by atoms with van der Waals surface area (Å²) in [6.07, 6.45) is 13.4. The fourth-order valence-electron chi connectivity index (χ4n) is 6.98. The molecule has 1 aromatic carbocycles. The van der Waals surface area contributed by atoms with Crippen LogP contribution in [0, 0.1) is 23.2 Å². The van der Waals surface area contributed by atoms with Crippen LogP contribution in [-0.2, 0) is 0 Å². The van der Waals surface area contributed by atoms with Crippen LogP contribution in [0.15, 0.2) is 30.5 Å². The normalized spacial score (nSPS) is 31.3. The van der Waals surface area contributed by atoms with Crippen molar-refractivity contribution in [3.8, 4) is 0 Å². The van der Waals surface area contributed by atoms with Gasteiger partial charge >= 0.3 is 0 Å². The van der Waals surface area contributed by atoms with Crippen molar-refractivity contribution in [2.24, 2.45) is 23.2 Å². The van der Waals surface area contributed by atoms with Gasteiger partial charge in [-0.1, -0.05) is 11.6 Å². The summed E-state index contributed by atoms with van der Waals surface area (Å²) in [5.74, 6) is 3.16. The standard InChI is InChI=1S/C25H34ClN3/c1-17(29-23-6-8-28-24-12-21(26)4-5-22(23)24)3-2-7-27-16-25-13-18-9-19(14-25)11-20(10-18)15-25/h4-6,8,12,17-20,27H,2-3,7,9-11,13-16H2,1H3,(H,28,29). The molecule has 156 valence electrons. The molecule has 4 aliphatic rings. The van der Waals surface area contributed by atoms with Gasteiger partial charge in [0.25, 0.3) is 0 Å². The van der Waals surface area contributed by atoms with E-state index >= 15 is 0 Å². The molecule has 4 bridgehead atoms. The number of nitrogens with one attached hydrogen (secondary N) is 2. The van der Waals surface area contributed by atoms with Gasteiger partial charge in [-0.05, 0) is 112 Å². The van der Waals surface area contributed by atoms with Gasteiger partial charge < -0.3 is 10.6 Å². The zero-order valence-corrected chi connectivity index (χ0v) is 18.3. The molecule has 29 heavy (non-hydrogen) atoms. The van der Waals surface area contributed by atoms with Crippen molar-refractivity contribution in [1.29, 1.82) is 0 Å². The Bertz CT molecular complexity index is 829. The van der Waals surface area contributed by atoms with E-state index in [2.05, 4.69) is 34.7 Å². The molecule has 1 unspecified atom stereocenters. The van der Waals surface area contributed by atoms with Crippen molar-refractivity contribution in [2.75, 3.05) is 18.4 Å². The van der Waals surface area contributed by atoms with Crippen LogP contribution < -0.4 is 10.6 Å². The molecule has 0 amide bonds. The van der Waals surface area contributed by atoms with E-state index in [4.69, 9.17) is 11.6 Å². The Morgan fingerprint density at radius 3 is 2.55 bits per heavy atom. The van der Waals surface area contributed by atoms with E-state index in [1.165, 1.54) is 57.9 Å². The molecule has 6 rings (SSSR count). The molecule has 1 atom stereocenters. The molecule has 0 spiro atoms. The summed E-state index contributed by atoms with van der Waals surface area (Å²) in [4.78, 5) is 4.44. The Labute approximate surface area is 180 Å². The quantitative estimate of drug-likeness (QED) is 0.502. The summed E-state index contributed by atoms with van der Waals surface area (Å²) in [5.41, 5.74) is 2.75. The first-order valence-electron chi connectivity index (χ1n) is 11.6. The third-order valence-corrected chi connectivity index (χ3v) is 8.00. The summed E-state index contributed by atoms with van der Waals surface area (Å²) in [7, 11) is 0. The summed E-state index contributed by atoms with van der Waals surface area (Å²) in [6, 6.07) is 8.44. The lowest BCUT2D eigenvalue weighted by atomic mass is 9.49. The van der Waals surface area contributed by atoms with Crippen LogP contribution in [0.4, 0.5) is 5.69 Å². The molecule has 2 aromatic rings. The van der Waals surface area contributed by atoms with Gasteiger partial charge in [-0.2, -0.15) is 0 Å². The van der Waals surface area contributed by atoms with E-state index in [1.54, 1.807) is 0 Å². The molecule has 1 heterocycles. The van der Waals surface area contributed by atoms with Crippen LogP contribution in [0.2, 0.25) is 5.02 Å². The first-order chi connectivity index (χ1) is 14.1. The summed E-state index contributed by atoms with van der Waals surface area (Å²) in [5, 5.41) is 9.40. The van der Waals surface area contributed by atoms with E-state index in [-0.39, 0.29) is 0 Å². The van der Waals surface area contributed by atoms with Crippen LogP contribution in [0.5, 0.6) is 0 Å². The zero-order valence-electron chi connectivity index (χ0n) is 17.6. The highest BCUT2D eigenvalue weighted by molar-refractivity contribution is 6.31. The lowest BCUT2D eigenvalue weighted by Gasteiger charge is -2.57. The van der Waals surface area contributed by atoms with E-state index in [9.17, 15) is 0 Å². The van der Waals surface area contributed by atoms with Gasteiger partial charge in [0.1, 0.15) is 0 Å². The van der Waals surface area contributed by atoms with Gasteiger partial charge in [0, 0.05) is 34.9 Å². The Morgan fingerprint density at radius 2 is 1.83 bits per heavy atom. The SMILES string of the molecule is CC(CCCNCC12CC3CC(CC(C3)C1)C2)Nc1ccnc2cc(Cl)ccc12. The first-order valence-corrected chi connectivity index (χ1v) is 12.0. The molecule has 0 saturated heterocycles. The van der Waals surface area contributed by atoms with Crippen LogP contribution in [0.1, 0.15) is 58.3 Å². The van der Waals surface area contributed by atoms with Gasteiger partial charge in [0.05, 0.1) is 5.52 Å². The maximum atomic E-state index is 6.11. The molecule has 4 aliphatic carbocycles. The summed E-state index contributed by atoms with van der Waals surface area (Å²) < 4.78 is 0. The van der Waals surface area contributed by atoms with Crippen LogP contribution in [0.25, 0.3) is 10.9 Å². The number of fused-ring (bicyclic) bond motifs is 1. The number of pyridine rings is 1. The van der Waals surface area contributed by atoms with Crippen LogP contribution in [-0.4, -0.2) is 24.1 Å². The highest BCUT2D eigenvalue weighted by Gasteiger charge is 2.50. The van der Waals surface area contributed by atoms with Gasteiger partial charge in [-0.15, -0.1) is 0 Å². The number of nitrogens with zero attached hydrogens (tertiary/aromatic N) is 1. The van der Waals surface area contributed by atoms with Crippen LogP contribution >= 0.6 is 11.6 Å². The lowest BCUT2D eigenvalue weighted by molar-refractivity contribution is -0.0512. The molecule has 4 saturated carbocycles. The monoisotopic (exact) mass is 411 g/mol. The molecule has 1 aromatic heterocycles. The third kappa shape index (κ3) is 4.27. The second kappa shape index (κ2) is 8.07. The fraction of sp³-hybridized carbons (Fsp3) is 0.640. The number of hydrogen-bond acceptors (Lipinski definition) is 3. The minimum absolute atomic E-state index is 0.442. The predicted molar refractivity (Wildman–Crippen MR) is 123 cm³/mol. The average Bonchev–Trinajstić information content (AvgIpc) is 2.66. The largest absolute Gasteiger partial charge is 0.382 e. The number of halogens is 1. The Morgan fingerprint density at radius 1 is 1.10 bits per heavy atom. The molecular weight excluding hydrogens is 378 g/mol. The third-order valence-electron chi connectivity index (χ3n) is 7.76. The number of benzene rings is 1. The highest BCUT2D eigenvalue weighted by Crippen LogP contribution is 2.59. The molecule has 0 radical (unpaired) electrons. The van der Waals surface area contributed by atoms with Gasteiger partial charge in [-0.25, -0.2) is 0 Å². The van der Waals surface area contributed by atoms with Gasteiger partial charge in [-0.3, -0.25) is 4.98 Å². The van der Waals surface area contributed by atoms with E-state index in [0.29, 0.717) is 11.5 Å². The maximum Gasteiger partial charge on any atom is 0.0737 e. The fourth-order valence-corrected chi connectivity index (χ4v) is 7.14. The van der Waals surface area contributed by atoms with Crippen molar-refractivity contribution in [2.45, 2.75) is 64.3 Å². The van der Waals surface area contributed by atoms with E-state index in [0.717, 1.165) is 45.9 Å². The molecule has 2 N–H and O–H groups in total. The number of anilines is 1. The molecule has 4 heteroatoms. The molecule has 3 nitrogen and oxygen atoms in total. The smallest absolute Gasteiger partial charge is 0.0737 e. The van der Waals surface area contributed by atoms with Crippen molar-refractivity contribution >= 4 is 28.2 Å².